The van der Waals surface area contributed by atoms with Gasteiger partial charge in [-0.3, -0.25) is 24.1 Å². The molecule has 2 bridgehead atoms. The van der Waals surface area contributed by atoms with Gasteiger partial charge in [-0.2, -0.15) is 0 Å². The highest BCUT2D eigenvalue weighted by molar-refractivity contribution is 6.06. The molecule has 4 aliphatic carbocycles. The maximum absolute atomic E-state index is 13.0. The van der Waals surface area contributed by atoms with Crippen molar-refractivity contribution in [3.8, 4) is 5.75 Å². The monoisotopic (exact) mass is 489 g/mol. The zero-order chi connectivity index (χ0) is 25.0. The number of furan rings is 1. The zero-order valence-corrected chi connectivity index (χ0v) is 19.2. The molecule has 1 aromatic heterocycles. The van der Waals surface area contributed by atoms with Gasteiger partial charge in [0.15, 0.2) is 12.4 Å². The maximum Gasteiger partial charge on any atom is 0.379 e. The minimum Gasteiger partial charge on any atom is -0.457 e. The number of Topliss-reactive ketones (excluding diaryl/α,β-unsaturated/α-hetero) is 1. The lowest BCUT2D eigenvalue weighted by Crippen LogP contribution is -2.40. The molecule has 36 heavy (non-hydrogen) atoms. The largest absolute Gasteiger partial charge is 0.457 e. The number of ether oxygens (including phenoxy) is 2. The van der Waals surface area contributed by atoms with E-state index in [-0.39, 0.29) is 65.5 Å². The lowest BCUT2D eigenvalue weighted by Gasteiger charge is -2.37. The van der Waals surface area contributed by atoms with Crippen LogP contribution in [0.1, 0.15) is 33.8 Å². The van der Waals surface area contributed by atoms with Crippen molar-refractivity contribution in [3.05, 3.63) is 66.1 Å². The number of carbonyl (C=O) groups excluding carboxylic acids is 5. The highest BCUT2D eigenvalue weighted by Crippen LogP contribution is 2.65. The van der Waals surface area contributed by atoms with Gasteiger partial charge < -0.3 is 13.9 Å². The number of hydrogen-bond acceptors (Lipinski definition) is 8. The van der Waals surface area contributed by atoms with Gasteiger partial charge in [-0.05, 0) is 66.5 Å². The molecular weight excluding hydrogens is 466 g/mol. The summed E-state index contributed by atoms with van der Waals surface area (Å²) in [6.45, 7) is -0.517. The first-order valence-electron chi connectivity index (χ1n) is 12.0. The van der Waals surface area contributed by atoms with Crippen molar-refractivity contribution in [2.24, 2.45) is 35.5 Å². The topological polar surface area (TPSA) is 120 Å². The van der Waals surface area contributed by atoms with E-state index in [0.29, 0.717) is 11.8 Å². The first-order valence-corrected chi connectivity index (χ1v) is 12.0. The first kappa shape index (κ1) is 22.5. The third-order valence-corrected chi connectivity index (χ3v) is 7.77. The second-order valence-electron chi connectivity index (χ2n) is 9.71. The molecule has 2 amide bonds. The number of allylic oxidation sites excluding steroid dienone is 2. The van der Waals surface area contributed by atoms with Gasteiger partial charge in [0, 0.05) is 12.1 Å². The molecular formula is C27H23NO8. The first-order chi connectivity index (χ1) is 17.4. The molecule has 2 aromatic rings. The van der Waals surface area contributed by atoms with Crippen molar-refractivity contribution in [2.75, 3.05) is 13.2 Å². The van der Waals surface area contributed by atoms with Crippen LogP contribution in [0.2, 0.25) is 0 Å². The van der Waals surface area contributed by atoms with Gasteiger partial charge in [0.05, 0.1) is 24.5 Å². The zero-order valence-electron chi connectivity index (χ0n) is 19.2. The molecule has 184 valence electrons. The molecule has 0 spiro atoms. The number of hydrogen-bond donors (Lipinski definition) is 0. The second kappa shape index (κ2) is 8.58. The summed E-state index contributed by atoms with van der Waals surface area (Å²) in [7, 11) is 0. The average Bonchev–Trinajstić information content (AvgIpc) is 3.46. The molecule has 1 aliphatic heterocycles. The Balaban J connectivity index is 0.980. The highest BCUT2D eigenvalue weighted by Gasteiger charge is 2.66. The van der Waals surface area contributed by atoms with Crippen LogP contribution in [0.5, 0.6) is 5.75 Å². The molecule has 6 unspecified atom stereocenters. The van der Waals surface area contributed by atoms with Crippen molar-refractivity contribution in [2.45, 2.75) is 12.8 Å². The molecule has 9 nitrogen and oxygen atoms in total. The molecule has 1 saturated heterocycles. The molecule has 2 saturated carbocycles. The Labute approximate surface area is 206 Å². The van der Waals surface area contributed by atoms with Crippen LogP contribution in [0.4, 0.5) is 0 Å². The minimum absolute atomic E-state index is 0.0395. The third kappa shape index (κ3) is 3.75. The van der Waals surface area contributed by atoms with E-state index in [9.17, 15) is 24.0 Å². The summed E-state index contributed by atoms with van der Waals surface area (Å²) in [6, 6.07) is 8.85. The predicted molar refractivity (Wildman–Crippen MR) is 121 cm³/mol. The van der Waals surface area contributed by atoms with Crippen LogP contribution in [-0.4, -0.2) is 47.6 Å². The number of esters is 2. The van der Waals surface area contributed by atoms with Crippen LogP contribution in [0, 0.1) is 35.5 Å². The highest BCUT2D eigenvalue weighted by atomic mass is 16.5. The Morgan fingerprint density at radius 1 is 0.944 bits per heavy atom. The molecule has 5 aliphatic rings. The maximum atomic E-state index is 13.0. The van der Waals surface area contributed by atoms with Crippen molar-refractivity contribution >= 4 is 29.5 Å². The number of imide groups is 1. The summed E-state index contributed by atoms with van der Waals surface area (Å²) in [5.41, 5.74) is 0.274. The van der Waals surface area contributed by atoms with Crippen LogP contribution < -0.4 is 4.74 Å². The van der Waals surface area contributed by atoms with Gasteiger partial charge in [-0.25, -0.2) is 4.79 Å². The van der Waals surface area contributed by atoms with E-state index in [1.54, 1.807) is 6.07 Å². The average molecular weight is 489 g/mol. The summed E-state index contributed by atoms with van der Waals surface area (Å²) in [5, 5.41) is 0. The predicted octanol–water partition coefficient (Wildman–Crippen LogP) is 2.67. The van der Waals surface area contributed by atoms with E-state index >= 15 is 0 Å². The van der Waals surface area contributed by atoms with E-state index in [4.69, 9.17) is 13.9 Å². The molecule has 9 heteroatoms. The van der Waals surface area contributed by atoms with Crippen molar-refractivity contribution < 1.29 is 37.9 Å². The fourth-order valence-electron chi connectivity index (χ4n) is 6.00. The van der Waals surface area contributed by atoms with Crippen molar-refractivity contribution in [1.82, 2.24) is 4.90 Å². The minimum atomic E-state index is -0.664. The summed E-state index contributed by atoms with van der Waals surface area (Å²) in [4.78, 5) is 63.7. The normalized spacial score (nSPS) is 29.1. The molecule has 3 fully saturated rings. The Bertz CT molecular complexity index is 1240. The van der Waals surface area contributed by atoms with E-state index in [1.807, 2.05) is 0 Å². The lowest BCUT2D eigenvalue weighted by atomic mass is 9.63. The number of nitrogens with zero attached hydrogens (tertiary/aromatic N) is 1. The van der Waals surface area contributed by atoms with Gasteiger partial charge in [0.1, 0.15) is 5.75 Å². The molecule has 0 radical (unpaired) electrons. The SMILES string of the molecule is O=C(CCN1C(=O)C2C3C=CC(C4CC34)C2C1=O)OCC(=O)c1ccc(OC(=O)c2ccco2)cc1. The standard InChI is InChI=1S/C27H23NO8/c29-20(14-3-5-15(6-4-14)36-27(33)21-2-1-11-34-21)13-35-22(30)9-10-28-25(31)23-16-7-8-17(19-12-18(16)19)24(23)26(28)32/h1-8,11,16-19,23-24H,9-10,12-13H2. The van der Waals surface area contributed by atoms with E-state index in [1.165, 1.54) is 41.5 Å². The van der Waals surface area contributed by atoms with Crippen LogP contribution >= 0.6 is 0 Å². The molecule has 2 heterocycles. The van der Waals surface area contributed by atoms with Gasteiger partial charge in [0.2, 0.25) is 17.6 Å². The Kier molecular flexibility index (Phi) is 5.35. The molecule has 1 aromatic carbocycles. The Morgan fingerprint density at radius 2 is 1.61 bits per heavy atom. The van der Waals surface area contributed by atoms with Crippen LogP contribution in [0.15, 0.2) is 59.2 Å². The number of benzene rings is 1. The summed E-state index contributed by atoms with van der Waals surface area (Å²) in [6.07, 6.45) is 6.49. The molecule has 6 atom stereocenters. The number of likely N-dealkylation sites (tertiary alicyclic amines) is 1. The van der Waals surface area contributed by atoms with Crippen LogP contribution in [-0.2, 0) is 19.1 Å². The lowest BCUT2D eigenvalue weighted by molar-refractivity contribution is -0.145. The van der Waals surface area contributed by atoms with Crippen molar-refractivity contribution in [3.63, 3.8) is 0 Å². The van der Waals surface area contributed by atoms with Gasteiger partial charge in [-0.15, -0.1) is 0 Å². The van der Waals surface area contributed by atoms with E-state index < -0.39 is 24.3 Å². The molecule has 7 rings (SSSR count). The quantitative estimate of drug-likeness (QED) is 0.183. The van der Waals surface area contributed by atoms with Crippen LogP contribution in [0.25, 0.3) is 0 Å². The molecule has 0 N–H and O–H groups in total. The smallest absolute Gasteiger partial charge is 0.379 e. The summed E-state index contributed by atoms with van der Waals surface area (Å²) < 4.78 is 15.2. The number of amides is 2. The second-order valence-corrected chi connectivity index (χ2v) is 9.71. The fourth-order valence-corrected chi connectivity index (χ4v) is 6.00. The fraction of sp³-hybridized carbons (Fsp3) is 0.370. The summed E-state index contributed by atoms with van der Waals surface area (Å²) in [5.74, 6) is -1.14. The van der Waals surface area contributed by atoms with E-state index in [2.05, 4.69) is 12.2 Å². The van der Waals surface area contributed by atoms with Gasteiger partial charge in [-0.1, -0.05) is 12.2 Å². The Morgan fingerprint density at radius 3 is 2.22 bits per heavy atom. The number of carbonyl (C=O) groups is 5. The summed E-state index contributed by atoms with van der Waals surface area (Å²) >= 11 is 0. The van der Waals surface area contributed by atoms with E-state index in [0.717, 1.165) is 6.42 Å². The number of ketones is 1. The third-order valence-electron chi connectivity index (χ3n) is 7.77. The Hall–Kier alpha value is -4.01. The van der Waals surface area contributed by atoms with Gasteiger partial charge in [0.25, 0.3) is 0 Å². The van der Waals surface area contributed by atoms with Gasteiger partial charge >= 0.3 is 11.9 Å². The van der Waals surface area contributed by atoms with Crippen LogP contribution in [0.3, 0.4) is 0 Å². The number of rotatable bonds is 8. The van der Waals surface area contributed by atoms with Crippen molar-refractivity contribution in [1.29, 1.82) is 0 Å².